The van der Waals surface area contributed by atoms with Crippen molar-refractivity contribution in [2.75, 3.05) is 44.2 Å². The molecule has 162 valence electrons. The summed E-state index contributed by atoms with van der Waals surface area (Å²) in [6.45, 7) is 10.2. The summed E-state index contributed by atoms with van der Waals surface area (Å²) >= 11 is 0. The summed E-state index contributed by atoms with van der Waals surface area (Å²) in [6.07, 6.45) is 9.50. The van der Waals surface area contributed by atoms with Crippen LogP contribution in [0.5, 0.6) is 0 Å². The maximum Gasteiger partial charge on any atom is 0.246 e. The van der Waals surface area contributed by atoms with E-state index < -0.39 is 0 Å². The second-order valence-electron chi connectivity index (χ2n) is 8.99. The maximum absolute atomic E-state index is 13.2. The topological polar surface area (TPSA) is 40.5 Å². The molecule has 30 heavy (non-hydrogen) atoms. The molecule has 0 spiro atoms. The van der Waals surface area contributed by atoms with Gasteiger partial charge >= 0.3 is 0 Å². The highest BCUT2D eigenvalue weighted by molar-refractivity contribution is 5.84. The lowest BCUT2D eigenvalue weighted by Crippen LogP contribution is -2.52. The lowest BCUT2D eigenvalue weighted by atomic mass is 9.80. The third-order valence-corrected chi connectivity index (χ3v) is 7.20. The second kappa shape index (κ2) is 9.25. The first kappa shape index (κ1) is 21.0. The van der Waals surface area contributed by atoms with Crippen molar-refractivity contribution >= 4 is 11.6 Å². The Bertz CT molecular complexity index is 831. The highest BCUT2D eigenvalue weighted by atomic mass is 16.2. The quantitative estimate of drug-likeness (QED) is 0.792. The smallest absolute Gasteiger partial charge is 0.246 e. The zero-order valence-corrected chi connectivity index (χ0v) is 18.6. The van der Waals surface area contributed by atoms with Gasteiger partial charge in [0, 0.05) is 57.3 Å². The summed E-state index contributed by atoms with van der Waals surface area (Å²) in [5.41, 5.74) is 3.73. The van der Waals surface area contributed by atoms with Crippen molar-refractivity contribution in [3.63, 3.8) is 0 Å². The van der Waals surface area contributed by atoms with Crippen LogP contribution in [-0.4, -0.2) is 54.6 Å². The van der Waals surface area contributed by atoms with Gasteiger partial charge in [-0.1, -0.05) is 31.4 Å². The summed E-state index contributed by atoms with van der Waals surface area (Å²) in [5.74, 6) is 0.201. The lowest BCUT2D eigenvalue weighted by molar-refractivity contribution is -0.131. The molecule has 2 heterocycles. The number of nitrogens with one attached hydrogen (secondary N) is 1. The lowest BCUT2D eigenvalue weighted by Gasteiger charge is -2.38. The minimum atomic E-state index is -0.386. The molecule has 1 saturated heterocycles. The largest absolute Gasteiger partial charge is 0.369 e. The normalized spacial score (nSPS) is 19.6. The number of amides is 1. The van der Waals surface area contributed by atoms with Gasteiger partial charge < -0.3 is 14.8 Å². The summed E-state index contributed by atoms with van der Waals surface area (Å²) in [5, 5.41) is 3.27. The molecule has 1 aromatic carbocycles. The van der Waals surface area contributed by atoms with E-state index in [0.29, 0.717) is 0 Å². The molecule has 5 nitrogen and oxygen atoms in total. The highest BCUT2D eigenvalue weighted by Gasteiger charge is 2.40. The number of anilines is 1. The molecule has 1 aromatic heterocycles. The van der Waals surface area contributed by atoms with Crippen LogP contribution in [0.25, 0.3) is 0 Å². The van der Waals surface area contributed by atoms with Gasteiger partial charge in [-0.15, -0.1) is 0 Å². The molecule has 1 saturated carbocycles. The molecule has 2 fully saturated rings. The van der Waals surface area contributed by atoms with E-state index >= 15 is 0 Å². The zero-order valence-electron chi connectivity index (χ0n) is 18.6. The Morgan fingerprint density at radius 1 is 0.967 bits per heavy atom. The molecular weight excluding hydrogens is 372 g/mol. The standard InChI is InChI=1S/C25H36N4O/c1-21-9-8-10-23(22(21)2)28-19-17-27(18-20-28)16-13-26-24(30)25(11-4-3-5-12-25)29-14-6-7-15-29/h6-10,14-15H,3-5,11-13,16-20H2,1-2H3,(H,26,30). The van der Waals surface area contributed by atoms with E-state index in [1.165, 1.54) is 23.2 Å². The molecule has 4 rings (SSSR count). The van der Waals surface area contributed by atoms with Gasteiger partial charge in [-0.2, -0.15) is 0 Å². The van der Waals surface area contributed by atoms with Gasteiger partial charge in [0.1, 0.15) is 5.54 Å². The van der Waals surface area contributed by atoms with Crippen LogP contribution in [0.15, 0.2) is 42.7 Å². The van der Waals surface area contributed by atoms with Crippen LogP contribution in [0, 0.1) is 13.8 Å². The molecule has 1 aliphatic heterocycles. The van der Waals surface area contributed by atoms with Crippen molar-refractivity contribution in [2.45, 2.75) is 51.5 Å². The van der Waals surface area contributed by atoms with Gasteiger partial charge in [-0.3, -0.25) is 9.69 Å². The number of piperazine rings is 1. The second-order valence-corrected chi connectivity index (χ2v) is 8.99. The zero-order chi connectivity index (χ0) is 21.0. The fourth-order valence-electron chi connectivity index (χ4n) is 5.14. The molecule has 0 atom stereocenters. The molecule has 2 aromatic rings. The number of aryl methyl sites for hydroxylation is 1. The van der Waals surface area contributed by atoms with Crippen LogP contribution in [0.2, 0.25) is 0 Å². The van der Waals surface area contributed by atoms with Crippen LogP contribution in [0.3, 0.4) is 0 Å². The number of hydrogen-bond donors (Lipinski definition) is 1. The van der Waals surface area contributed by atoms with Gasteiger partial charge in [0.2, 0.25) is 5.91 Å². The molecule has 0 radical (unpaired) electrons. The minimum Gasteiger partial charge on any atom is -0.369 e. The summed E-state index contributed by atoms with van der Waals surface area (Å²) in [4.78, 5) is 18.2. The number of benzene rings is 1. The number of rotatable bonds is 6. The molecule has 2 aliphatic rings. The van der Waals surface area contributed by atoms with E-state index in [1.807, 2.05) is 12.1 Å². The van der Waals surface area contributed by atoms with Gasteiger partial charge in [-0.05, 0) is 56.0 Å². The molecule has 1 amide bonds. The summed E-state index contributed by atoms with van der Waals surface area (Å²) < 4.78 is 2.14. The summed E-state index contributed by atoms with van der Waals surface area (Å²) in [7, 11) is 0. The van der Waals surface area contributed by atoms with E-state index in [-0.39, 0.29) is 11.4 Å². The van der Waals surface area contributed by atoms with Crippen LogP contribution in [-0.2, 0) is 10.3 Å². The Balaban J connectivity index is 1.28. The van der Waals surface area contributed by atoms with Gasteiger partial charge in [0.15, 0.2) is 0 Å². The van der Waals surface area contributed by atoms with E-state index in [1.54, 1.807) is 0 Å². The van der Waals surface area contributed by atoms with E-state index in [0.717, 1.165) is 65.0 Å². The SMILES string of the molecule is Cc1cccc(N2CCN(CCNC(=O)C3(n4cccc4)CCCCC3)CC2)c1C. The monoisotopic (exact) mass is 408 g/mol. The number of hydrogen-bond acceptors (Lipinski definition) is 3. The van der Waals surface area contributed by atoms with Crippen molar-refractivity contribution in [3.8, 4) is 0 Å². The van der Waals surface area contributed by atoms with Crippen LogP contribution >= 0.6 is 0 Å². The number of carbonyl (C=O) groups is 1. The van der Waals surface area contributed by atoms with Crippen molar-refractivity contribution < 1.29 is 4.79 Å². The summed E-state index contributed by atoms with van der Waals surface area (Å²) in [6, 6.07) is 10.6. The predicted octanol–water partition coefficient (Wildman–Crippen LogP) is 3.70. The number of carbonyl (C=O) groups excluding carboxylic acids is 1. The third kappa shape index (κ3) is 4.27. The van der Waals surface area contributed by atoms with Crippen LogP contribution in [0.1, 0.15) is 43.2 Å². The van der Waals surface area contributed by atoms with Gasteiger partial charge in [-0.25, -0.2) is 0 Å². The molecule has 0 unspecified atom stereocenters. The Hall–Kier alpha value is -2.27. The highest BCUT2D eigenvalue weighted by Crippen LogP contribution is 2.35. The Kier molecular flexibility index (Phi) is 6.47. The average Bonchev–Trinajstić information content (AvgIpc) is 3.32. The molecule has 0 bridgehead atoms. The van der Waals surface area contributed by atoms with Crippen LogP contribution < -0.4 is 10.2 Å². The van der Waals surface area contributed by atoms with E-state index in [4.69, 9.17) is 0 Å². The fourth-order valence-corrected chi connectivity index (χ4v) is 5.14. The van der Waals surface area contributed by atoms with E-state index in [2.05, 4.69) is 64.1 Å². The third-order valence-electron chi connectivity index (χ3n) is 7.20. The minimum absolute atomic E-state index is 0.201. The van der Waals surface area contributed by atoms with E-state index in [9.17, 15) is 4.79 Å². The molecule has 1 aliphatic carbocycles. The number of nitrogens with zero attached hydrogens (tertiary/aromatic N) is 3. The van der Waals surface area contributed by atoms with Gasteiger partial charge in [0.05, 0.1) is 0 Å². The van der Waals surface area contributed by atoms with Crippen LogP contribution in [0.4, 0.5) is 5.69 Å². The molecular formula is C25H36N4O. The molecule has 5 heteroatoms. The predicted molar refractivity (Wildman–Crippen MR) is 123 cm³/mol. The molecule has 1 N–H and O–H groups in total. The first-order valence-corrected chi connectivity index (χ1v) is 11.6. The van der Waals surface area contributed by atoms with Crippen molar-refractivity contribution in [3.05, 3.63) is 53.9 Å². The van der Waals surface area contributed by atoms with Gasteiger partial charge in [0.25, 0.3) is 0 Å². The first-order valence-electron chi connectivity index (χ1n) is 11.6. The average molecular weight is 409 g/mol. The Labute approximate surface area is 181 Å². The fraction of sp³-hybridized carbons (Fsp3) is 0.560. The van der Waals surface area contributed by atoms with Crippen molar-refractivity contribution in [2.24, 2.45) is 0 Å². The first-order chi connectivity index (χ1) is 14.6. The van der Waals surface area contributed by atoms with Crippen molar-refractivity contribution in [1.82, 2.24) is 14.8 Å². The Morgan fingerprint density at radius 3 is 2.37 bits per heavy atom. The number of aromatic nitrogens is 1. The maximum atomic E-state index is 13.2. The Morgan fingerprint density at radius 2 is 1.67 bits per heavy atom. The van der Waals surface area contributed by atoms with Crippen molar-refractivity contribution in [1.29, 1.82) is 0 Å².